The second-order valence-corrected chi connectivity index (χ2v) is 8.93. The number of benzene rings is 3. The third kappa shape index (κ3) is 5.29. The Morgan fingerprint density at radius 1 is 0.853 bits per heavy atom. The highest BCUT2D eigenvalue weighted by Crippen LogP contribution is 2.34. The Bertz CT molecular complexity index is 1170. The zero-order chi connectivity index (χ0) is 24.2. The molecule has 0 radical (unpaired) electrons. The number of ether oxygens (including phenoxy) is 1. The van der Waals surface area contributed by atoms with E-state index in [4.69, 9.17) is 27.9 Å². The number of carbonyl (C=O) groups is 2. The monoisotopic (exact) mass is 497 g/mol. The summed E-state index contributed by atoms with van der Waals surface area (Å²) in [6, 6.07) is 18.3. The van der Waals surface area contributed by atoms with E-state index in [0.717, 1.165) is 29.9 Å². The van der Waals surface area contributed by atoms with Crippen LogP contribution < -0.4 is 15.0 Å². The van der Waals surface area contributed by atoms with Crippen LogP contribution in [0.5, 0.6) is 5.75 Å². The van der Waals surface area contributed by atoms with E-state index in [9.17, 15) is 9.59 Å². The van der Waals surface area contributed by atoms with Gasteiger partial charge in [-0.1, -0.05) is 40.9 Å². The molecule has 1 heterocycles. The van der Waals surface area contributed by atoms with Crippen LogP contribution in [-0.2, 0) is 0 Å². The van der Waals surface area contributed by atoms with E-state index >= 15 is 0 Å². The molecule has 0 aliphatic carbocycles. The molecule has 3 aromatic rings. The van der Waals surface area contributed by atoms with Crippen LogP contribution in [0.4, 0.5) is 11.4 Å². The van der Waals surface area contributed by atoms with Gasteiger partial charge >= 0.3 is 0 Å². The van der Waals surface area contributed by atoms with Crippen molar-refractivity contribution in [2.75, 3.05) is 43.5 Å². The molecule has 0 unspecified atom stereocenters. The zero-order valence-corrected chi connectivity index (χ0v) is 20.5. The van der Waals surface area contributed by atoms with Gasteiger partial charge < -0.3 is 19.9 Å². The van der Waals surface area contributed by atoms with Crippen LogP contribution in [0.25, 0.3) is 0 Å². The Labute approximate surface area is 209 Å². The fraction of sp³-hybridized carbons (Fsp3) is 0.231. The lowest BCUT2D eigenvalue weighted by atomic mass is 10.1. The third-order valence-electron chi connectivity index (χ3n) is 5.82. The van der Waals surface area contributed by atoms with Gasteiger partial charge in [-0.15, -0.1) is 0 Å². The average Bonchev–Trinajstić information content (AvgIpc) is 2.84. The standard InChI is InChI=1S/C26H25Cl2N3O3/c1-17-3-5-18(6-4-17)26(33)31-13-11-30(12-14-31)21-9-7-20(8-10-21)29-25(32)19-15-22(27)24(34-2)23(28)16-19/h3-10,15-16H,11-14H2,1-2H3,(H,29,32). The first-order valence-corrected chi connectivity index (χ1v) is 11.7. The van der Waals surface area contributed by atoms with Crippen LogP contribution in [0.15, 0.2) is 60.7 Å². The number of methoxy groups -OCH3 is 1. The van der Waals surface area contributed by atoms with Crippen molar-refractivity contribution in [3.8, 4) is 5.75 Å². The predicted molar refractivity (Wildman–Crippen MR) is 137 cm³/mol. The van der Waals surface area contributed by atoms with E-state index in [1.54, 1.807) is 0 Å². The van der Waals surface area contributed by atoms with Crippen LogP contribution in [-0.4, -0.2) is 50.0 Å². The van der Waals surface area contributed by atoms with Gasteiger partial charge in [0.2, 0.25) is 0 Å². The molecule has 1 aliphatic heterocycles. The molecule has 3 aromatic carbocycles. The summed E-state index contributed by atoms with van der Waals surface area (Å²) in [7, 11) is 1.47. The highest BCUT2D eigenvalue weighted by Gasteiger charge is 2.22. The van der Waals surface area contributed by atoms with Gasteiger partial charge in [0.25, 0.3) is 11.8 Å². The van der Waals surface area contributed by atoms with E-state index in [1.807, 2.05) is 60.4 Å². The summed E-state index contributed by atoms with van der Waals surface area (Å²) in [5.74, 6) is 0.0868. The Hall–Kier alpha value is -3.22. The first-order valence-electron chi connectivity index (χ1n) is 10.9. The Balaban J connectivity index is 1.35. The number of nitrogens with zero attached hydrogens (tertiary/aromatic N) is 2. The summed E-state index contributed by atoms with van der Waals surface area (Å²) >= 11 is 12.3. The first-order chi connectivity index (χ1) is 16.4. The maximum atomic E-state index is 12.7. The van der Waals surface area contributed by atoms with Crippen molar-refractivity contribution < 1.29 is 14.3 Å². The number of piperazine rings is 1. The van der Waals surface area contributed by atoms with Crippen molar-refractivity contribution in [2.45, 2.75) is 6.92 Å². The Morgan fingerprint density at radius 3 is 2.00 bits per heavy atom. The average molecular weight is 498 g/mol. The van der Waals surface area contributed by atoms with E-state index < -0.39 is 0 Å². The SMILES string of the molecule is COc1c(Cl)cc(C(=O)Nc2ccc(N3CCN(C(=O)c4ccc(C)cc4)CC3)cc2)cc1Cl. The summed E-state index contributed by atoms with van der Waals surface area (Å²) in [6.45, 7) is 4.81. The molecule has 0 atom stereocenters. The van der Waals surface area contributed by atoms with Gasteiger partial charge in [0.15, 0.2) is 5.75 Å². The molecule has 1 N–H and O–H groups in total. The lowest BCUT2D eigenvalue weighted by molar-refractivity contribution is 0.0746. The summed E-state index contributed by atoms with van der Waals surface area (Å²) in [5.41, 5.74) is 3.89. The molecule has 6 nitrogen and oxygen atoms in total. The molecule has 1 fully saturated rings. The fourth-order valence-corrected chi connectivity index (χ4v) is 4.53. The number of aryl methyl sites for hydroxylation is 1. The summed E-state index contributed by atoms with van der Waals surface area (Å²) in [4.78, 5) is 29.5. The van der Waals surface area contributed by atoms with Crippen molar-refractivity contribution in [3.63, 3.8) is 0 Å². The van der Waals surface area contributed by atoms with Crippen molar-refractivity contribution in [1.82, 2.24) is 4.90 Å². The minimum atomic E-state index is -0.317. The van der Waals surface area contributed by atoms with Gasteiger partial charge in [0.05, 0.1) is 17.2 Å². The Morgan fingerprint density at radius 2 is 1.44 bits per heavy atom. The quantitative estimate of drug-likeness (QED) is 0.503. The van der Waals surface area contributed by atoms with Crippen molar-refractivity contribution in [3.05, 3.63) is 87.4 Å². The van der Waals surface area contributed by atoms with Crippen molar-refractivity contribution in [2.24, 2.45) is 0 Å². The van der Waals surface area contributed by atoms with E-state index in [-0.39, 0.29) is 21.9 Å². The molecule has 34 heavy (non-hydrogen) atoms. The van der Waals surface area contributed by atoms with E-state index in [2.05, 4.69) is 10.2 Å². The molecule has 176 valence electrons. The zero-order valence-electron chi connectivity index (χ0n) is 19.0. The summed E-state index contributed by atoms with van der Waals surface area (Å²) < 4.78 is 5.12. The van der Waals surface area contributed by atoms with Gasteiger partial charge in [-0.25, -0.2) is 0 Å². The molecule has 1 aliphatic rings. The maximum absolute atomic E-state index is 12.7. The number of amides is 2. The number of anilines is 2. The number of hydrogen-bond donors (Lipinski definition) is 1. The van der Waals surface area contributed by atoms with Crippen molar-refractivity contribution >= 4 is 46.4 Å². The highest BCUT2D eigenvalue weighted by molar-refractivity contribution is 6.37. The minimum Gasteiger partial charge on any atom is -0.494 e. The van der Waals surface area contributed by atoms with Crippen LogP contribution in [0, 0.1) is 6.92 Å². The van der Waals surface area contributed by atoms with Crippen LogP contribution in [0.2, 0.25) is 10.0 Å². The molecule has 1 saturated heterocycles. The molecule has 0 saturated carbocycles. The lowest BCUT2D eigenvalue weighted by Gasteiger charge is -2.36. The van der Waals surface area contributed by atoms with Crippen molar-refractivity contribution in [1.29, 1.82) is 0 Å². The number of carbonyl (C=O) groups excluding carboxylic acids is 2. The molecule has 0 spiro atoms. The second-order valence-electron chi connectivity index (χ2n) is 8.12. The molecular weight excluding hydrogens is 473 g/mol. The molecule has 0 aromatic heterocycles. The molecule has 0 bridgehead atoms. The normalized spacial score (nSPS) is 13.5. The van der Waals surface area contributed by atoms with Gasteiger partial charge in [-0.05, 0) is 55.5 Å². The largest absolute Gasteiger partial charge is 0.494 e. The number of hydrogen-bond acceptors (Lipinski definition) is 4. The fourth-order valence-electron chi connectivity index (χ4n) is 3.89. The lowest BCUT2D eigenvalue weighted by Crippen LogP contribution is -2.48. The molecule has 4 rings (SSSR count). The number of nitrogens with one attached hydrogen (secondary N) is 1. The first kappa shape index (κ1) is 23.9. The third-order valence-corrected chi connectivity index (χ3v) is 6.38. The van der Waals surface area contributed by atoms with Crippen LogP contribution in [0.1, 0.15) is 26.3 Å². The van der Waals surface area contributed by atoms with E-state index in [1.165, 1.54) is 19.2 Å². The smallest absolute Gasteiger partial charge is 0.255 e. The number of rotatable bonds is 5. The molecule has 2 amide bonds. The number of halogens is 2. The second kappa shape index (κ2) is 10.4. The van der Waals surface area contributed by atoms with Crippen LogP contribution >= 0.6 is 23.2 Å². The molecule has 8 heteroatoms. The summed E-state index contributed by atoms with van der Waals surface area (Å²) in [6.07, 6.45) is 0. The van der Waals surface area contributed by atoms with Gasteiger partial charge in [0, 0.05) is 48.7 Å². The predicted octanol–water partition coefficient (Wildman–Crippen LogP) is 5.53. The van der Waals surface area contributed by atoms with E-state index in [0.29, 0.717) is 30.1 Å². The minimum absolute atomic E-state index is 0.0662. The Kier molecular flexibility index (Phi) is 7.29. The van der Waals surface area contributed by atoms with Gasteiger partial charge in [-0.2, -0.15) is 0 Å². The van der Waals surface area contributed by atoms with Gasteiger partial charge in [-0.3, -0.25) is 9.59 Å². The topological polar surface area (TPSA) is 61.9 Å². The maximum Gasteiger partial charge on any atom is 0.255 e. The molecular formula is C26H25Cl2N3O3. The highest BCUT2D eigenvalue weighted by atomic mass is 35.5. The summed E-state index contributed by atoms with van der Waals surface area (Å²) in [5, 5.41) is 3.40. The van der Waals surface area contributed by atoms with Gasteiger partial charge in [0.1, 0.15) is 0 Å². The van der Waals surface area contributed by atoms with Crippen LogP contribution in [0.3, 0.4) is 0 Å².